The van der Waals surface area contributed by atoms with Crippen molar-refractivity contribution in [1.29, 1.82) is 0 Å². The van der Waals surface area contributed by atoms with Crippen molar-refractivity contribution in [1.82, 2.24) is 20.1 Å². The fourth-order valence-corrected chi connectivity index (χ4v) is 3.14. The zero-order chi connectivity index (χ0) is 14.1. The van der Waals surface area contributed by atoms with Crippen LogP contribution in [-0.4, -0.2) is 34.0 Å². The smallest absolute Gasteiger partial charge is 0.157 e. The van der Waals surface area contributed by atoms with Gasteiger partial charge in [0.15, 0.2) is 5.65 Å². The Kier molecular flexibility index (Phi) is 3.72. The average molecular weight is 274 g/mol. The highest BCUT2D eigenvalue weighted by Crippen LogP contribution is 2.22. The van der Waals surface area contributed by atoms with E-state index in [0.29, 0.717) is 12.1 Å². The average Bonchev–Trinajstić information content (AvgIpc) is 3.02. The first-order chi connectivity index (χ1) is 9.69. The molecule has 0 aromatic carbocycles. The van der Waals surface area contributed by atoms with Gasteiger partial charge in [-0.1, -0.05) is 0 Å². The highest BCUT2D eigenvalue weighted by atomic mass is 16.5. The van der Waals surface area contributed by atoms with Crippen LogP contribution in [0.2, 0.25) is 0 Å². The predicted octanol–water partition coefficient (Wildman–Crippen LogP) is 1.93. The third-order valence-corrected chi connectivity index (χ3v) is 4.24. The van der Waals surface area contributed by atoms with Gasteiger partial charge in [0.1, 0.15) is 0 Å². The van der Waals surface area contributed by atoms with Crippen LogP contribution in [0.1, 0.15) is 30.5 Å². The number of aromatic nitrogens is 3. The maximum absolute atomic E-state index is 5.51. The van der Waals surface area contributed by atoms with Crippen molar-refractivity contribution in [2.45, 2.75) is 44.9 Å². The Morgan fingerprint density at radius 3 is 3.10 bits per heavy atom. The first kappa shape index (κ1) is 13.5. The molecule has 5 nitrogen and oxygen atoms in total. The fraction of sp³-hybridized carbons (Fsp3) is 0.600. The number of fused-ring (bicyclic) bond motifs is 1. The van der Waals surface area contributed by atoms with E-state index in [0.717, 1.165) is 29.7 Å². The monoisotopic (exact) mass is 274 g/mol. The van der Waals surface area contributed by atoms with E-state index >= 15 is 0 Å². The SMILES string of the molecule is COC1CCCC1NCc1cnc2c(c1)c(C)nn2C. The molecule has 0 amide bonds. The zero-order valence-corrected chi connectivity index (χ0v) is 12.4. The third kappa shape index (κ3) is 2.43. The standard InChI is InChI=1S/C15H22N4O/c1-10-12-7-11(9-17-15(12)19(2)18-10)8-16-13-5-4-6-14(13)20-3/h7,9,13-14,16H,4-6,8H2,1-3H3. The molecule has 2 aromatic rings. The summed E-state index contributed by atoms with van der Waals surface area (Å²) in [6, 6.07) is 2.65. The molecule has 3 rings (SSSR count). The molecule has 0 saturated heterocycles. The lowest BCUT2D eigenvalue weighted by atomic mass is 10.1. The number of pyridine rings is 1. The van der Waals surface area contributed by atoms with Gasteiger partial charge in [-0.25, -0.2) is 4.98 Å². The molecule has 0 aliphatic heterocycles. The highest BCUT2D eigenvalue weighted by molar-refractivity contribution is 5.78. The van der Waals surface area contributed by atoms with Crippen LogP contribution in [0.25, 0.3) is 11.0 Å². The number of hydrogen-bond donors (Lipinski definition) is 1. The maximum atomic E-state index is 5.51. The van der Waals surface area contributed by atoms with Crippen molar-refractivity contribution < 1.29 is 4.74 Å². The summed E-state index contributed by atoms with van der Waals surface area (Å²) in [6.45, 7) is 2.86. The molecule has 0 bridgehead atoms. The summed E-state index contributed by atoms with van der Waals surface area (Å²) in [6.07, 6.45) is 5.89. The molecule has 108 valence electrons. The molecule has 2 atom stereocenters. The van der Waals surface area contributed by atoms with Gasteiger partial charge < -0.3 is 10.1 Å². The number of nitrogens with zero attached hydrogens (tertiary/aromatic N) is 3. The summed E-state index contributed by atoms with van der Waals surface area (Å²) in [5, 5.41) is 9.15. The van der Waals surface area contributed by atoms with Gasteiger partial charge in [-0.15, -0.1) is 0 Å². The minimum absolute atomic E-state index is 0.354. The normalized spacial score (nSPS) is 22.8. The van der Waals surface area contributed by atoms with Gasteiger partial charge in [-0.2, -0.15) is 5.10 Å². The molecular formula is C15H22N4O. The third-order valence-electron chi connectivity index (χ3n) is 4.24. The second-order valence-electron chi connectivity index (χ2n) is 5.62. The lowest BCUT2D eigenvalue weighted by Crippen LogP contribution is -2.36. The molecule has 5 heteroatoms. The maximum Gasteiger partial charge on any atom is 0.157 e. The molecule has 1 N–H and O–H groups in total. The Labute approximate surface area is 119 Å². The van der Waals surface area contributed by atoms with Gasteiger partial charge in [-0.05, 0) is 37.8 Å². The summed E-state index contributed by atoms with van der Waals surface area (Å²) in [4.78, 5) is 4.52. The van der Waals surface area contributed by atoms with Crippen molar-refractivity contribution in [3.63, 3.8) is 0 Å². The minimum atomic E-state index is 0.354. The highest BCUT2D eigenvalue weighted by Gasteiger charge is 2.26. The quantitative estimate of drug-likeness (QED) is 0.925. The summed E-state index contributed by atoms with van der Waals surface area (Å²) >= 11 is 0. The largest absolute Gasteiger partial charge is 0.380 e. The molecule has 0 spiro atoms. The van der Waals surface area contributed by atoms with E-state index in [4.69, 9.17) is 4.74 Å². The van der Waals surface area contributed by atoms with Gasteiger partial charge >= 0.3 is 0 Å². The topological polar surface area (TPSA) is 52.0 Å². The number of ether oxygens (including phenoxy) is 1. The number of hydrogen-bond acceptors (Lipinski definition) is 4. The fourth-order valence-electron chi connectivity index (χ4n) is 3.14. The van der Waals surface area contributed by atoms with Crippen LogP contribution in [-0.2, 0) is 18.3 Å². The number of rotatable bonds is 4. The van der Waals surface area contributed by atoms with E-state index < -0.39 is 0 Å². The summed E-state index contributed by atoms with van der Waals surface area (Å²) in [5.74, 6) is 0. The van der Waals surface area contributed by atoms with E-state index in [2.05, 4.69) is 21.5 Å². The van der Waals surface area contributed by atoms with E-state index in [1.165, 1.54) is 18.4 Å². The molecule has 2 unspecified atom stereocenters. The molecule has 0 radical (unpaired) electrons. The Morgan fingerprint density at radius 1 is 1.45 bits per heavy atom. The first-order valence-corrected chi connectivity index (χ1v) is 7.23. The van der Waals surface area contributed by atoms with Crippen LogP contribution in [0.3, 0.4) is 0 Å². The van der Waals surface area contributed by atoms with Crippen LogP contribution in [0.5, 0.6) is 0 Å². The van der Waals surface area contributed by atoms with Crippen molar-refractivity contribution in [3.8, 4) is 0 Å². The minimum Gasteiger partial charge on any atom is -0.380 e. The molecule has 1 aliphatic rings. The Bertz CT molecular complexity index is 607. The second-order valence-corrected chi connectivity index (χ2v) is 5.62. The first-order valence-electron chi connectivity index (χ1n) is 7.23. The Hall–Kier alpha value is -1.46. The van der Waals surface area contributed by atoms with E-state index in [-0.39, 0.29) is 0 Å². The van der Waals surface area contributed by atoms with Crippen LogP contribution < -0.4 is 5.32 Å². The Balaban J connectivity index is 1.73. The van der Waals surface area contributed by atoms with Crippen LogP contribution in [0, 0.1) is 6.92 Å². The van der Waals surface area contributed by atoms with E-state index in [1.54, 1.807) is 7.11 Å². The summed E-state index contributed by atoms with van der Waals surface area (Å²) < 4.78 is 7.35. The molecular weight excluding hydrogens is 252 g/mol. The summed E-state index contributed by atoms with van der Waals surface area (Å²) in [5.41, 5.74) is 3.18. The van der Waals surface area contributed by atoms with Gasteiger partial charge in [0.2, 0.25) is 0 Å². The lowest BCUT2D eigenvalue weighted by molar-refractivity contribution is 0.0847. The molecule has 20 heavy (non-hydrogen) atoms. The van der Waals surface area contributed by atoms with Gasteiger partial charge in [0, 0.05) is 38.3 Å². The molecule has 1 fully saturated rings. The van der Waals surface area contributed by atoms with Crippen LogP contribution in [0.4, 0.5) is 0 Å². The predicted molar refractivity (Wildman–Crippen MR) is 78.5 cm³/mol. The molecule has 1 saturated carbocycles. The van der Waals surface area contributed by atoms with Gasteiger partial charge in [-0.3, -0.25) is 4.68 Å². The number of methoxy groups -OCH3 is 1. The zero-order valence-electron chi connectivity index (χ0n) is 12.4. The lowest BCUT2D eigenvalue weighted by Gasteiger charge is -2.19. The van der Waals surface area contributed by atoms with Crippen LogP contribution >= 0.6 is 0 Å². The van der Waals surface area contributed by atoms with Crippen molar-refractivity contribution in [2.75, 3.05) is 7.11 Å². The molecule has 2 heterocycles. The number of aryl methyl sites for hydroxylation is 2. The van der Waals surface area contributed by atoms with E-state index in [1.807, 2.05) is 24.9 Å². The van der Waals surface area contributed by atoms with Crippen LogP contribution in [0.15, 0.2) is 12.3 Å². The Morgan fingerprint density at radius 2 is 2.30 bits per heavy atom. The molecule has 1 aliphatic carbocycles. The summed E-state index contributed by atoms with van der Waals surface area (Å²) in [7, 11) is 3.74. The van der Waals surface area contributed by atoms with E-state index in [9.17, 15) is 0 Å². The number of nitrogens with one attached hydrogen (secondary N) is 1. The van der Waals surface area contributed by atoms with Gasteiger partial charge in [0.25, 0.3) is 0 Å². The van der Waals surface area contributed by atoms with Crippen molar-refractivity contribution in [2.24, 2.45) is 7.05 Å². The van der Waals surface area contributed by atoms with Gasteiger partial charge in [0.05, 0.1) is 11.8 Å². The molecule has 2 aromatic heterocycles. The second kappa shape index (κ2) is 5.50. The van der Waals surface area contributed by atoms with Crippen molar-refractivity contribution >= 4 is 11.0 Å². The van der Waals surface area contributed by atoms with Crippen molar-refractivity contribution in [3.05, 3.63) is 23.5 Å².